The van der Waals surface area contributed by atoms with Crippen LogP contribution in [0.4, 0.5) is 0 Å². The number of carbonyl (C=O) groups is 1. The van der Waals surface area contributed by atoms with Crippen LogP contribution in [0, 0.1) is 17.8 Å². The molecule has 0 aromatic carbocycles. The molecule has 0 spiro atoms. The monoisotopic (exact) mass is 169 g/mol. The maximum atomic E-state index is 11.3. The van der Waals surface area contributed by atoms with E-state index in [4.69, 9.17) is 0 Å². The van der Waals surface area contributed by atoms with Crippen molar-refractivity contribution in [3.63, 3.8) is 0 Å². The summed E-state index contributed by atoms with van der Waals surface area (Å²) in [5, 5.41) is 3.05. The van der Waals surface area contributed by atoms with Gasteiger partial charge in [-0.2, -0.15) is 0 Å². The molecular formula is C10H19NO. The Kier molecular flexibility index (Phi) is 2.76. The van der Waals surface area contributed by atoms with Gasteiger partial charge in [0.2, 0.25) is 5.91 Å². The summed E-state index contributed by atoms with van der Waals surface area (Å²) >= 11 is 0. The van der Waals surface area contributed by atoms with Crippen LogP contribution in [0.25, 0.3) is 0 Å². The van der Waals surface area contributed by atoms with Crippen LogP contribution in [0.15, 0.2) is 0 Å². The van der Waals surface area contributed by atoms with E-state index in [0.717, 1.165) is 5.92 Å². The first-order valence-electron chi connectivity index (χ1n) is 4.82. The maximum absolute atomic E-state index is 11.3. The summed E-state index contributed by atoms with van der Waals surface area (Å²) in [6, 6.07) is 0.472. The third-order valence-corrected chi connectivity index (χ3v) is 2.55. The zero-order valence-electron chi connectivity index (χ0n) is 8.42. The smallest absolute Gasteiger partial charge is 0.222 e. The SMILES string of the molecule is CC(C)C(=O)NC1CC1C(C)C. The van der Waals surface area contributed by atoms with Crippen molar-refractivity contribution in [3.8, 4) is 0 Å². The fourth-order valence-corrected chi connectivity index (χ4v) is 1.47. The van der Waals surface area contributed by atoms with Crippen molar-refractivity contribution in [2.24, 2.45) is 17.8 Å². The predicted octanol–water partition coefficient (Wildman–Crippen LogP) is 1.80. The molecule has 2 unspecified atom stereocenters. The second kappa shape index (κ2) is 3.46. The van der Waals surface area contributed by atoms with Gasteiger partial charge in [-0.3, -0.25) is 4.79 Å². The summed E-state index contributed by atoms with van der Waals surface area (Å²) in [5.74, 6) is 1.76. The van der Waals surface area contributed by atoms with E-state index in [2.05, 4.69) is 19.2 Å². The molecule has 1 saturated carbocycles. The van der Waals surface area contributed by atoms with Crippen molar-refractivity contribution in [2.45, 2.75) is 40.2 Å². The number of nitrogens with one attached hydrogen (secondary N) is 1. The Balaban J connectivity index is 2.23. The van der Waals surface area contributed by atoms with E-state index < -0.39 is 0 Å². The molecule has 0 heterocycles. The van der Waals surface area contributed by atoms with E-state index in [9.17, 15) is 4.79 Å². The third kappa shape index (κ3) is 2.23. The molecule has 0 radical (unpaired) electrons. The maximum Gasteiger partial charge on any atom is 0.222 e. The molecule has 0 saturated heterocycles. The minimum absolute atomic E-state index is 0.124. The van der Waals surface area contributed by atoms with Crippen molar-refractivity contribution in [3.05, 3.63) is 0 Å². The van der Waals surface area contributed by atoms with Crippen LogP contribution < -0.4 is 5.32 Å². The fraction of sp³-hybridized carbons (Fsp3) is 0.900. The minimum Gasteiger partial charge on any atom is -0.353 e. The third-order valence-electron chi connectivity index (χ3n) is 2.55. The molecule has 2 atom stereocenters. The molecule has 2 nitrogen and oxygen atoms in total. The van der Waals surface area contributed by atoms with Crippen molar-refractivity contribution in [1.82, 2.24) is 5.32 Å². The molecule has 1 fully saturated rings. The zero-order chi connectivity index (χ0) is 9.30. The first-order chi connectivity index (χ1) is 5.52. The molecule has 12 heavy (non-hydrogen) atoms. The lowest BCUT2D eigenvalue weighted by molar-refractivity contribution is -0.124. The van der Waals surface area contributed by atoms with E-state index >= 15 is 0 Å². The molecule has 0 aliphatic heterocycles. The highest BCUT2D eigenvalue weighted by Gasteiger charge is 2.40. The molecule has 0 aromatic heterocycles. The molecule has 1 aliphatic carbocycles. The summed E-state index contributed by atoms with van der Waals surface area (Å²) < 4.78 is 0. The molecule has 1 aliphatic rings. The second-order valence-corrected chi connectivity index (χ2v) is 4.41. The van der Waals surface area contributed by atoms with E-state index in [1.165, 1.54) is 6.42 Å². The van der Waals surface area contributed by atoms with E-state index in [1.54, 1.807) is 0 Å². The van der Waals surface area contributed by atoms with Gasteiger partial charge in [0.15, 0.2) is 0 Å². The topological polar surface area (TPSA) is 29.1 Å². The van der Waals surface area contributed by atoms with E-state index in [0.29, 0.717) is 12.0 Å². The predicted molar refractivity (Wildman–Crippen MR) is 49.7 cm³/mol. The Hall–Kier alpha value is -0.530. The van der Waals surface area contributed by atoms with Crippen molar-refractivity contribution in [1.29, 1.82) is 0 Å². The van der Waals surface area contributed by atoms with Gasteiger partial charge in [0.1, 0.15) is 0 Å². The Labute approximate surface area is 74.7 Å². The fourth-order valence-electron chi connectivity index (χ4n) is 1.47. The number of carbonyl (C=O) groups excluding carboxylic acids is 1. The number of rotatable bonds is 3. The minimum atomic E-state index is 0.124. The van der Waals surface area contributed by atoms with Crippen LogP contribution in [-0.4, -0.2) is 11.9 Å². The van der Waals surface area contributed by atoms with Crippen molar-refractivity contribution >= 4 is 5.91 Å². The van der Waals surface area contributed by atoms with Gasteiger partial charge in [-0.25, -0.2) is 0 Å². The van der Waals surface area contributed by atoms with Gasteiger partial charge in [0, 0.05) is 12.0 Å². The lowest BCUT2D eigenvalue weighted by atomic mass is 10.1. The largest absolute Gasteiger partial charge is 0.353 e. The van der Waals surface area contributed by atoms with Crippen molar-refractivity contribution in [2.75, 3.05) is 0 Å². The summed E-state index contributed by atoms with van der Waals surface area (Å²) in [4.78, 5) is 11.3. The molecule has 1 rings (SSSR count). The summed E-state index contributed by atoms with van der Waals surface area (Å²) in [6.45, 7) is 8.29. The van der Waals surface area contributed by atoms with Gasteiger partial charge in [0.05, 0.1) is 0 Å². The Bertz CT molecular complexity index is 175. The molecule has 2 heteroatoms. The highest BCUT2D eigenvalue weighted by molar-refractivity contribution is 5.78. The average Bonchev–Trinajstić information content (AvgIpc) is 2.67. The lowest BCUT2D eigenvalue weighted by Crippen LogP contribution is -2.31. The first-order valence-corrected chi connectivity index (χ1v) is 4.82. The number of hydrogen-bond donors (Lipinski definition) is 1. The van der Waals surface area contributed by atoms with Crippen LogP contribution in [-0.2, 0) is 4.79 Å². The second-order valence-electron chi connectivity index (χ2n) is 4.41. The Morgan fingerprint density at radius 3 is 2.25 bits per heavy atom. The summed E-state index contributed by atoms with van der Waals surface area (Å²) in [6.07, 6.45) is 1.18. The molecule has 1 N–H and O–H groups in total. The van der Waals surface area contributed by atoms with Gasteiger partial charge in [-0.15, -0.1) is 0 Å². The van der Waals surface area contributed by atoms with E-state index in [-0.39, 0.29) is 11.8 Å². The summed E-state index contributed by atoms with van der Waals surface area (Å²) in [5.41, 5.74) is 0. The molecule has 0 bridgehead atoms. The van der Waals surface area contributed by atoms with Gasteiger partial charge in [0.25, 0.3) is 0 Å². The normalized spacial score (nSPS) is 27.8. The van der Waals surface area contributed by atoms with Crippen molar-refractivity contribution < 1.29 is 4.79 Å². The number of amides is 1. The molecular weight excluding hydrogens is 150 g/mol. The Morgan fingerprint density at radius 2 is 1.92 bits per heavy atom. The lowest BCUT2D eigenvalue weighted by Gasteiger charge is -2.08. The zero-order valence-corrected chi connectivity index (χ0v) is 8.42. The van der Waals surface area contributed by atoms with Crippen LogP contribution in [0.5, 0.6) is 0 Å². The highest BCUT2D eigenvalue weighted by atomic mass is 16.1. The standard InChI is InChI=1S/C10H19NO/c1-6(2)8-5-9(8)11-10(12)7(3)4/h6-9H,5H2,1-4H3,(H,11,12). The van der Waals surface area contributed by atoms with Gasteiger partial charge < -0.3 is 5.32 Å². The van der Waals surface area contributed by atoms with E-state index in [1.807, 2.05) is 13.8 Å². The van der Waals surface area contributed by atoms with Crippen LogP contribution >= 0.6 is 0 Å². The average molecular weight is 169 g/mol. The summed E-state index contributed by atoms with van der Waals surface area (Å²) in [7, 11) is 0. The number of hydrogen-bond acceptors (Lipinski definition) is 1. The first kappa shape index (κ1) is 9.56. The molecule has 70 valence electrons. The van der Waals surface area contributed by atoms with Gasteiger partial charge in [-0.1, -0.05) is 27.7 Å². The van der Waals surface area contributed by atoms with Gasteiger partial charge >= 0.3 is 0 Å². The van der Waals surface area contributed by atoms with Crippen LogP contribution in [0.3, 0.4) is 0 Å². The van der Waals surface area contributed by atoms with Crippen LogP contribution in [0.2, 0.25) is 0 Å². The Morgan fingerprint density at radius 1 is 1.33 bits per heavy atom. The molecule has 1 amide bonds. The quantitative estimate of drug-likeness (QED) is 0.686. The van der Waals surface area contributed by atoms with Gasteiger partial charge in [-0.05, 0) is 18.3 Å². The highest BCUT2D eigenvalue weighted by Crippen LogP contribution is 2.37. The molecule has 0 aromatic rings. The van der Waals surface area contributed by atoms with Crippen LogP contribution in [0.1, 0.15) is 34.1 Å².